The van der Waals surface area contributed by atoms with E-state index in [-0.39, 0.29) is 36.3 Å². The monoisotopic (exact) mass is 314 g/mol. The summed E-state index contributed by atoms with van der Waals surface area (Å²) in [6.07, 6.45) is -0.364. The van der Waals surface area contributed by atoms with Crippen molar-refractivity contribution in [2.45, 2.75) is 71.7 Å². The van der Waals surface area contributed by atoms with Crippen molar-refractivity contribution in [2.75, 3.05) is 0 Å². The second kappa shape index (κ2) is 9.58. The number of Topliss-reactive ketones (excluding diaryl/α,β-unsaturated/α-hetero) is 1. The normalized spacial score (nSPS) is 15.5. The number of aliphatic hydroxyl groups excluding tert-OH is 2. The molecule has 0 aromatic carbocycles. The van der Waals surface area contributed by atoms with Crippen LogP contribution >= 0.6 is 0 Å². The van der Waals surface area contributed by atoms with Gasteiger partial charge in [0.2, 0.25) is 5.91 Å². The lowest BCUT2D eigenvalue weighted by Crippen LogP contribution is -2.56. The summed E-state index contributed by atoms with van der Waals surface area (Å²) in [7, 11) is 0. The molecule has 0 aliphatic carbocycles. The molecule has 22 heavy (non-hydrogen) atoms. The Hall–Kier alpha value is -1.40. The minimum absolute atomic E-state index is 0.0156. The van der Waals surface area contributed by atoms with Crippen LogP contribution in [0.4, 0.5) is 0 Å². The Morgan fingerprint density at radius 2 is 1.68 bits per heavy atom. The number of allylic oxidation sites excluding steroid dienone is 1. The van der Waals surface area contributed by atoms with Gasteiger partial charge in [0.1, 0.15) is 6.04 Å². The van der Waals surface area contributed by atoms with Crippen molar-refractivity contribution in [1.29, 1.82) is 0 Å². The van der Waals surface area contributed by atoms with Crippen LogP contribution in [-0.4, -0.2) is 46.1 Å². The molecule has 6 heteroatoms. The van der Waals surface area contributed by atoms with Crippen molar-refractivity contribution in [2.24, 2.45) is 5.92 Å². The summed E-state index contributed by atoms with van der Waals surface area (Å²) < 4.78 is 0. The fourth-order valence-electron chi connectivity index (χ4n) is 2.05. The van der Waals surface area contributed by atoms with E-state index in [1.165, 1.54) is 6.92 Å². The molecule has 0 aliphatic rings. The lowest BCUT2D eigenvalue weighted by atomic mass is 9.97. The molecule has 0 aromatic heterocycles. The van der Waals surface area contributed by atoms with Gasteiger partial charge in [-0.2, -0.15) is 0 Å². The largest absolute Gasteiger partial charge is 0.513 e. The van der Waals surface area contributed by atoms with Crippen LogP contribution in [0.2, 0.25) is 0 Å². The SMILES string of the molecule is C=C(O)CC[C@H](NC(=O)[C@@H](NC(C)C)[C@@H](C)O)C(=O)C(C)C. The van der Waals surface area contributed by atoms with E-state index in [0.29, 0.717) is 0 Å². The van der Waals surface area contributed by atoms with Crippen LogP contribution in [0.1, 0.15) is 47.5 Å². The highest BCUT2D eigenvalue weighted by atomic mass is 16.3. The second-order valence-electron chi connectivity index (χ2n) is 6.26. The van der Waals surface area contributed by atoms with Gasteiger partial charge in [0.05, 0.1) is 17.9 Å². The van der Waals surface area contributed by atoms with E-state index in [2.05, 4.69) is 17.2 Å². The van der Waals surface area contributed by atoms with Gasteiger partial charge in [-0.3, -0.25) is 9.59 Å². The van der Waals surface area contributed by atoms with E-state index in [0.717, 1.165) is 0 Å². The van der Waals surface area contributed by atoms with Gasteiger partial charge in [0.25, 0.3) is 0 Å². The summed E-state index contributed by atoms with van der Waals surface area (Å²) in [5, 5.41) is 24.6. The fraction of sp³-hybridized carbons (Fsp3) is 0.750. The molecule has 1 amide bonds. The molecule has 0 radical (unpaired) electrons. The number of hydrogen-bond acceptors (Lipinski definition) is 5. The number of carbonyl (C=O) groups excluding carboxylic acids is 2. The number of hydrogen-bond donors (Lipinski definition) is 4. The van der Waals surface area contributed by atoms with Gasteiger partial charge < -0.3 is 20.8 Å². The van der Waals surface area contributed by atoms with Crippen molar-refractivity contribution >= 4 is 11.7 Å². The molecule has 0 saturated carbocycles. The van der Waals surface area contributed by atoms with E-state index < -0.39 is 24.1 Å². The quantitative estimate of drug-likeness (QED) is 0.456. The maximum Gasteiger partial charge on any atom is 0.240 e. The predicted molar refractivity (Wildman–Crippen MR) is 86.5 cm³/mol. The summed E-state index contributed by atoms with van der Waals surface area (Å²) in [4.78, 5) is 24.5. The first-order chi connectivity index (χ1) is 10.1. The Morgan fingerprint density at radius 1 is 1.14 bits per heavy atom. The zero-order valence-electron chi connectivity index (χ0n) is 14.2. The highest BCUT2D eigenvalue weighted by Gasteiger charge is 2.29. The molecule has 0 aromatic rings. The number of amides is 1. The van der Waals surface area contributed by atoms with Crippen LogP contribution in [0.3, 0.4) is 0 Å². The van der Waals surface area contributed by atoms with Crippen LogP contribution in [0, 0.1) is 5.92 Å². The molecular weight excluding hydrogens is 284 g/mol. The minimum atomic E-state index is -0.884. The first kappa shape index (κ1) is 20.6. The van der Waals surface area contributed by atoms with E-state index >= 15 is 0 Å². The van der Waals surface area contributed by atoms with Crippen LogP contribution in [-0.2, 0) is 9.59 Å². The Labute approximate surface area is 133 Å². The first-order valence-electron chi connectivity index (χ1n) is 7.71. The summed E-state index contributed by atoms with van der Waals surface area (Å²) >= 11 is 0. The van der Waals surface area contributed by atoms with Crippen LogP contribution in [0.5, 0.6) is 0 Å². The highest BCUT2D eigenvalue weighted by molar-refractivity contribution is 5.92. The third-order valence-electron chi connectivity index (χ3n) is 3.23. The van der Waals surface area contributed by atoms with Gasteiger partial charge in [0.15, 0.2) is 5.78 Å². The molecular formula is C16H30N2O4. The van der Waals surface area contributed by atoms with Gasteiger partial charge >= 0.3 is 0 Å². The van der Waals surface area contributed by atoms with Crippen molar-refractivity contribution in [1.82, 2.24) is 10.6 Å². The van der Waals surface area contributed by atoms with Crippen molar-refractivity contribution in [3.05, 3.63) is 12.3 Å². The number of carbonyl (C=O) groups is 2. The summed E-state index contributed by atoms with van der Waals surface area (Å²) in [5.74, 6) is -0.793. The molecule has 0 bridgehead atoms. The first-order valence-corrected chi connectivity index (χ1v) is 7.71. The standard InChI is InChI=1S/C16H30N2O4/c1-9(2)15(21)13(8-7-11(5)19)18-16(22)14(12(6)20)17-10(3)4/h9-10,12-14,17,19-20H,5,7-8H2,1-4,6H3,(H,18,22)/t12-,13+,14+/m1/s1. The molecule has 0 fully saturated rings. The predicted octanol–water partition coefficient (Wildman–Crippen LogP) is 1.30. The van der Waals surface area contributed by atoms with Crippen molar-refractivity contribution < 1.29 is 19.8 Å². The summed E-state index contributed by atoms with van der Waals surface area (Å²) in [6, 6.07) is -1.48. The minimum Gasteiger partial charge on any atom is -0.513 e. The van der Waals surface area contributed by atoms with E-state index in [1.807, 2.05) is 13.8 Å². The zero-order chi connectivity index (χ0) is 17.4. The molecule has 0 heterocycles. The average Bonchev–Trinajstić information content (AvgIpc) is 2.38. The third-order valence-corrected chi connectivity index (χ3v) is 3.23. The number of rotatable bonds is 10. The van der Waals surface area contributed by atoms with Crippen LogP contribution < -0.4 is 10.6 Å². The molecule has 0 unspecified atom stereocenters. The maximum atomic E-state index is 12.3. The number of aliphatic hydroxyl groups is 2. The summed E-state index contributed by atoms with van der Waals surface area (Å²) in [6.45, 7) is 12.2. The fourth-order valence-corrected chi connectivity index (χ4v) is 2.05. The third kappa shape index (κ3) is 7.56. The zero-order valence-corrected chi connectivity index (χ0v) is 14.2. The van der Waals surface area contributed by atoms with Gasteiger partial charge in [-0.15, -0.1) is 0 Å². The summed E-state index contributed by atoms with van der Waals surface area (Å²) in [5.41, 5.74) is 0. The van der Waals surface area contributed by atoms with E-state index in [1.54, 1.807) is 13.8 Å². The molecule has 0 aliphatic heterocycles. The van der Waals surface area contributed by atoms with Gasteiger partial charge in [0, 0.05) is 18.4 Å². The van der Waals surface area contributed by atoms with Crippen molar-refractivity contribution in [3.8, 4) is 0 Å². The second-order valence-corrected chi connectivity index (χ2v) is 6.26. The Bertz CT molecular complexity index is 392. The molecule has 3 atom stereocenters. The molecule has 128 valence electrons. The lowest BCUT2D eigenvalue weighted by Gasteiger charge is -2.26. The molecule has 0 rings (SSSR count). The topological polar surface area (TPSA) is 98.7 Å². The Morgan fingerprint density at radius 3 is 2.05 bits per heavy atom. The number of ketones is 1. The molecule has 0 saturated heterocycles. The molecule has 4 N–H and O–H groups in total. The maximum absolute atomic E-state index is 12.3. The van der Waals surface area contributed by atoms with Gasteiger partial charge in [-0.05, 0) is 13.3 Å². The molecule has 0 spiro atoms. The van der Waals surface area contributed by atoms with E-state index in [4.69, 9.17) is 0 Å². The highest BCUT2D eigenvalue weighted by Crippen LogP contribution is 2.10. The van der Waals surface area contributed by atoms with Crippen LogP contribution in [0.15, 0.2) is 12.3 Å². The lowest BCUT2D eigenvalue weighted by molar-refractivity contribution is -0.132. The Kier molecular flexibility index (Phi) is 8.97. The molecule has 6 nitrogen and oxygen atoms in total. The number of nitrogens with one attached hydrogen (secondary N) is 2. The van der Waals surface area contributed by atoms with E-state index in [9.17, 15) is 19.8 Å². The van der Waals surface area contributed by atoms with Crippen LogP contribution in [0.25, 0.3) is 0 Å². The Balaban J connectivity index is 4.97. The van der Waals surface area contributed by atoms with Gasteiger partial charge in [-0.25, -0.2) is 0 Å². The van der Waals surface area contributed by atoms with Crippen molar-refractivity contribution in [3.63, 3.8) is 0 Å². The smallest absolute Gasteiger partial charge is 0.240 e. The average molecular weight is 314 g/mol. The van der Waals surface area contributed by atoms with Gasteiger partial charge in [-0.1, -0.05) is 34.3 Å².